The molecule has 2 aromatic rings. The molecule has 0 bridgehead atoms. The number of methoxy groups -OCH3 is 1. The molecular weight excluding hydrogens is 309 g/mol. The molecule has 0 saturated carbocycles. The van der Waals surface area contributed by atoms with Crippen molar-refractivity contribution in [1.82, 2.24) is 0 Å². The van der Waals surface area contributed by atoms with Gasteiger partial charge in [-0.25, -0.2) is 26.3 Å². The minimum atomic E-state index is -1.78. The van der Waals surface area contributed by atoms with Gasteiger partial charge in [-0.1, -0.05) is 0 Å². The van der Waals surface area contributed by atoms with Crippen molar-refractivity contribution in [2.45, 2.75) is 6.92 Å². The molecule has 0 unspecified atom stereocenters. The van der Waals surface area contributed by atoms with Crippen molar-refractivity contribution in [3.63, 3.8) is 0 Å². The zero-order valence-corrected chi connectivity index (χ0v) is 11.8. The quantitative estimate of drug-likeness (QED) is 0.470. The first-order chi connectivity index (χ1) is 10.2. The molecule has 1 nitrogen and oxygen atoms in total. The maximum atomic E-state index is 14.3. The van der Waals surface area contributed by atoms with Gasteiger partial charge in [-0.05, 0) is 12.4 Å². The van der Waals surface area contributed by atoms with Crippen molar-refractivity contribution in [2.24, 2.45) is 0 Å². The first-order valence-corrected chi connectivity index (χ1v) is 6.07. The van der Waals surface area contributed by atoms with Crippen LogP contribution in [-0.4, -0.2) is 15.0 Å². The van der Waals surface area contributed by atoms with Gasteiger partial charge in [-0.15, -0.1) is 0 Å². The number of benzene rings is 2. The molecule has 2 aromatic carbocycles. The van der Waals surface area contributed by atoms with Gasteiger partial charge in [-0.3, -0.25) is 0 Å². The van der Waals surface area contributed by atoms with Crippen LogP contribution < -0.4 is 10.2 Å². The van der Waals surface area contributed by atoms with E-state index in [0.29, 0.717) is 0 Å². The van der Waals surface area contributed by atoms with E-state index < -0.39 is 62.8 Å². The molecule has 2 rings (SSSR count). The zero-order chi connectivity index (χ0) is 16.8. The Labute approximate surface area is 122 Å². The molecule has 0 aliphatic heterocycles. The Balaban J connectivity index is 2.97. The van der Waals surface area contributed by atoms with E-state index in [1.54, 1.807) is 0 Å². The van der Waals surface area contributed by atoms with Crippen LogP contribution in [0.5, 0.6) is 5.75 Å². The van der Waals surface area contributed by atoms with Gasteiger partial charge in [-0.2, -0.15) is 0 Å². The standard InChI is InChI=1S/C14H9BF6O/c1-4-5(16)3-6(17)7(10(4)18)8-11(19)13(21)9(15)14(22-2)12(8)20/h3H,15H2,1-2H3. The average molecular weight is 318 g/mol. The Hall–Kier alpha value is -2.12. The van der Waals surface area contributed by atoms with Crippen molar-refractivity contribution in [3.05, 3.63) is 46.5 Å². The van der Waals surface area contributed by atoms with Gasteiger partial charge >= 0.3 is 0 Å². The van der Waals surface area contributed by atoms with Crippen molar-refractivity contribution in [1.29, 1.82) is 0 Å². The molecule has 0 saturated heterocycles. The van der Waals surface area contributed by atoms with Crippen LogP contribution in [0.4, 0.5) is 26.3 Å². The van der Waals surface area contributed by atoms with Crippen molar-refractivity contribution < 1.29 is 31.1 Å². The highest BCUT2D eigenvalue weighted by Gasteiger charge is 2.29. The van der Waals surface area contributed by atoms with Gasteiger partial charge < -0.3 is 4.74 Å². The topological polar surface area (TPSA) is 9.23 Å². The fourth-order valence-corrected chi connectivity index (χ4v) is 2.13. The van der Waals surface area contributed by atoms with E-state index in [0.717, 1.165) is 21.9 Å². The molecule has 0 radical (unpaired) electrons. The summed E-state index contributed by atoms with van der Waals surface area (Å²) in [5.74, 6) is -9.73. The Morgan fingerprint density at radius 3 is 1.95 bits per heavy atom. The summed E-state index contributed by atoms with van der Waals surface area (Å²) < 4.78 is 87.9. The van der Waals surface area contributed by atoms with Crippen LogP contribution in [0.2, 0.25) is 0 Å². The third-order valence-electron chi connectivity index (χ3n) is 3.35. The largest absolute Gasteiger partial charge is 0.494 e. The second kappa shape index (κ2) is 5.59. The van der Waals surface area contributed by atoms with Gasteiger partial charge in [0, 0.05) is 11.6 Å². The van der Waals surface area contributed by atoms with E-state index in [2.05, 4.69) is 4.74 Å². The maximum Gasteiger partial charge on any atom is 0.175 e. The van der Waals surface area contributed by atoms with Crippen LogP contribution in [-0.2, 0) is 0 Å². The summed E-state index contributed by atoms with van der Waals surface area (Å²) in [5, 5.41) is 0. The van der Waals surface area contributed by atoms with Crippen LogP contribution in [0.3, 0.4) is 0 Å². The van der Waals surface area contributed by atoms with Crippen LogP contribution in [0, 0.1) is 41.8 Å². The van der Waals surface area contributed by atoms with Gasteiger partial charge in [0.25, 0.3) is 0 Å². The SMILES string of the molecule is Bc1c(F)c(F)c(-c2c(F)cc(F)c(C)c2F)c(F)c1OC. The summed E-state index contributed by atoms with van der Waals surface area (Å²) >= 11 is 0. The fourth-order valence-electron chi connectivity index (χ4n) is 2.13. The third kappa shape index (κ3) is 2.22. The van der Waals surface area contributed by atoms with Crippen molar-refractivity contribution in [3.8, 4) is 16.9 Å². The minimum Gasteiger partial charge on any atom is -0.494 e. The fraction of sp³-hybridized carbons (Fsp3) is 0.143. The number of rotatable bonds is 2. The molecule has 0 N–H and O–H groups in total. The van der Waals surface area contributed by atoms with Crippen LogP contribution in [0.1, 0.15) is 5.56 Å². The molecule has 0 aromatic heterocycles. The molecule has 0 heterocycles. The molecule has 0 amide bonds. The van der Waals surface area contributed by atoms with Gasteiger partial charge in [0.05, 0.1) is 18.2 Å². The number of ether oxygens (including phenoxy) is 1. The summed E-state index contributed by atoms with van der Waals surface area (Å²) in [7, 11) is 2.04. The maximum absolute atomic E-state index is 14.3. The van der Waals surface area contributed by atoms with E-state index in [4.69, 9.17) is 0 Å². The predicted molar refractivity (Wildman–Crippen MR) is 71.1 cm³/mol. The van der Waals surface area contributed by atoms with Gasteiger partial charge in [0.15, 0.2) is 23.2 Å². The lowest BCUT2D eigenvalue weighted by atomic mass is 9.89. The highest BCUT2D eigenvalue weighted by Crippen LogP contribution is 2.36. The summed E-state index contributed by atoms with van der Waals surface area (Å²) in [4.78, 5) is 0. The second-order valence-corrected chi connectivity index (χ2v) is 4.63. The number of hydrogen-bond donors (Lipinski definition) is 0. The molecule has 0 fully saturated rings. The second-order valence-electron chi connectivity index (χ2n) is 4.63. The predicted octanol–water partition coefficient (Wildman–Crippen LogP) is 2.76. The Kier molecular flexibility index (Phi) is 4.13. The first-order valence-electron chi connectivity index (χ1n) is 6.07. The highest BCUT2D eigenvalue weighted by atomic mass is 19.2. The first kappa shape index (κ1) is 16.3. The lowest BCUT2D eigenvalue weighted by Crippen LogP contribution is -2.18. The number of halogens is 6. The smallest absolute Gasteiger partial charge is 0.175 e. The van der Waals surface area contributed by atoms with Crippen molar-refractivity contribution in [2.75, 3.05) is 7.11 Å². The molecule has 0 aliphatic rings. The molecule has 116 valence electrons. The van der Waals surface area contributed by atoms with Gasteiger partial charge in [0.1, 0.15) is 25.3 Å². The summed E-state index contributed by atoms with van der Waals surface area (Å²) in [6.45, 7) is 0.963. The molecule has 8 heteroatoms. The summed E-state index contributed by atoms with van der Waals surface area (Å²) in [6, 6.07) is 0.275. The van der Waals surface area contributed by atoms with Crippen LogP contribution >= 0.6 is 0 Å². The molecular formula is C14H9BF6O. The van der Waals surface area contributed by atoms with Gasteiger partial charge in [0.2, 0.25) is 0 Å². The summed E-state index contributed by atoms with van der Waals surface area (Å²) in [5.41, 5.74) is -3.60. The average Bonchev–Trinajstić information content (AvgIpc) is 2.47. The lowest BCUT2D eigenvalue weighted by molar-refractivity contribution is 0.382. The Bertz CT molecular complexity index is 775. The van der Waals surface area contributed by atoms with E-state index in [9.17, 15) is 26.3 Å². The lowest BCUT2D eigenvalue weighted by Gasteiger charge is -2.15. The molecule has 0 aliphatic carbocycles. The Morgan fingerprint density at radius 2 is 1.41 bits per heavy atom. The van der Waals surface area contributed by atoms with E-state index >= 15 is 0 Å². The van der Waals surface area contributed by atoms with Crippen molar-refractivity contribution >= 4 is 13.3 Å². The van der Waals surface area contributed by atoms with E-state index in [-0.39, 0.29) is 6.07 Å². The van der Waals surface area contributed by atoms with E-state index in [1.165, 1.54) is 0 Å². The third-order valence-corrected chi connectivity index (χ3v) is 3.35. The molecule has 22 heavy (non-hydrogen) atoms. The normalized spacial score (nSPS) is 10.9. The zero-order valence-electron chi connectivity index (χ0n) is 11.8. The van der Waals surface area contributed by atoms with Crippen LogP contribution in [0.25, 0.3) is 11.1 Å². The number of hydrogen-bond acceptors (Lipinski definition) is 1. The summed E-state index contributed by atoms with van der Waals surface area (Å²) in [6.07, 6.45) is 0. The highest BCUT2D eigenvalue weighted by molar-refractivity contribution is 6.34. The van der Waals surface area contributed by atoms with E-state index in [1.807, 2.05) is 0 Å². The molecule has 0 atom stereocenters. The minimum absolute atomic E-state index is 0.275. The monoisotopic (exact) mass is 318 g/mol. The Morgan fingerprint density at radius 1 is 0.818 bits per heavy atom. The molecule has 0 spiro atoms. The van der Waals surface area contributed by atoms with Crippen LogP contribution in [0.15, 0.2) is 6.07 Å².